The molecule has 0 aromatic carbocycles. The van der Waals surface area contributed by atoms with Crippen molar-refractivity contribution in [2.45, 2.75) is 200 Å². The van der Waals surface area contributed by atoms with Gasteiger partial charge in [-0.15, -0.1) is 0 Å². The van der Waals surface area contributed by atoms with Gasteiger partial charge in [0.05, 0.1) is 5.16 Å². The molecule has 0 aliphatic rings. The Labute approximate surface area is 227 Å². The lowest BCUT2D eigenvalue weighted by atomic mass is 9.77. The molecular formula is C32H67O3P. The van der Waals surface area contributed by atoms with Gasteiger partial charge < -0.3 is 9.79 Å². The molecule has 1 unspecified atom stereocenters. The maximum Gasteiger partial charge on any atom is 0.331 e. The van der Waals surface area contributed by atoms with Crippen LogP contribution in [0.2, 0.25) is 0 Å². The minimum absolute atomic E-state index is 0.174. The van der Waals surface area contributed by atoms with Crippen LogP contribution < -0.4 is 0 Å². The van der Waals surface area contributed by atoms with Crippen LogP contribution in [-0.2, 0) is 4.57 Å². The van der Waals surface area contributed by atoms with Crippen molar-refractivity contribution in [2.24, 2.45) is 5.92 Å². The van der Waals surface area contributed by atoms with Crippen LogP contribution in [0.4, 0.5) is 0 Å². The Bertz CT molecular complexity index is 490. The van der Waals surface area contributed by atoms with Crippen molar-refractivity contribution in [1.82, 2.24) is 0 Å². The van der Waals surface area contributed by atoms with Crippen LogP contribution in [-0.4, -0.2) is 14.9 Å². The lowest BCUT2D eigenvalue weighted by Crippen LogP contribution is -2.38. The molecule has 0 aromatic heterocycles. The molecule has 218 valence electrons. The normalized spacial score (nSPS) is 13.4. The highest BCUT2D eigenvalue weighted by Gasteiger charge is 2.50. The first-order valence-electron chi connectivity index (χ1n) is 16.4. The zero-order chi connectivity index (χ0) is 27.0. The Hall–Kier alpha value is 0.150. The zero-order valence-electron chi connectivity index (χ0n) is 25.2. The molecule has 0 amide bonds. The van der Waals surface area contributed by atoms with Crippen molar-refractivity contribution in [3.05, 3.63) is 0 Å². The summed E-state index contributed by atoms with van der Waals surface area (Å²) in [6.07, 6.45) is 30.2. The second kappa shape index (κ2) is 24.2. The molecule has 2 N–H and O–H groups in total. The van der Waals surface area contributed by atoms with Gasteiger partial charge in [0.1, 0.15) is 0 Å². The van der Waals surface area contributed by atoms with E-state index in [0.717, 1.165) is 64.2 Å². The van der Waals surface area contributed by atoms with Gasteiger partial charge in [-0.25, -0.2) is 0 Å². The van der Waals surface area contributed by atoms with E-state index in [-0.39, 0.29) is 5.92 Å². The van der Waals surface area contributed by atoms with Gasteiger partial charge in [0.2, 0.25) is 0 Å². The predicted octanol–water partition coefficient (Wildman–Crippen LogP) is 11.7. The highest BCUT2D eigenvalue weighted by molar-refractivity contribution is 7.53. The lowest BCUT2D eigenvalue weighted by Gasteiger charge is -2.42. The van der Waals surface area contributed by atoms with Crippen molar-refractivity contribution < 1.29 is 14.4 Å². The van der Waals surface area contributed by atoms with Crippen molar-refractivity contribution in [3.63, 3.8) is 0 Å². The quantitative estimate of drug-likeness (QED) is 0.0781. The van der Waals surface area contributed by atoms with Gasteiger partial charge in [0, 0.05) is 0 Å². The Morgan fingerprint density at radius 3 is 1.08 bits per heavy atom. The predicted molar refractivity (Wildman–Crippen MR) is 161 cm³/mol. The summed E-state index contributed by atoms with van der Waals surface area (Å²) >= 11 is 0. The maximum absolute atomic E-state index is 13.3. The maximum atomic E-state index is 13.3. The van der Waals surface area contributed by atoms with Gasteiger partial charge in [-0.1, -0.05) is 169 Å². The SMILES string of the molecule is CCCCCCCCCCCCC(CCCCCC)C(CCCCCC)(CCCCCC)P(=O)(O)O. The Morgan fingerprint density at radius 2 is 0.750 bits per heavy atom. The van der Waals surface area contributed by atoms with Gasteiger partial charge in [-0.05, 0) is 31.6 Å². The molecule has 4 heteroatoms. The molecule has 36 heavy (non-hydrogen) atoms. The number of rotatable bonds is 28. The Kier molecular flexibility index (Phi) is 24.3. The smallest absolute Gasteiger partial charge is 0.324 e. The van der Waals surface area contributed by atoms with Crippen LogP contribution >= 0.6 is 7.60 Å². The third-order valence-corrected chi connectivity index (χ3v) is 10.6. The molecule has 1 atom stereocenters. The summed E-state index contributed by atoms with van der Waals surface area (Å²) in [5.41, 5.74) is 0. The molecular weight excluding hydrogens is 463 g/mol. The summed E-state index contributed by atoms with van der Waals surface area (Å²) in [5, 5.41) is -0.792. The van der Waals surface area contributed by atoms with E-state index >= 15 is 0 Å². The minimum atomic E-state index is -4.20. The molecule has 0 spiro atoms. The molecule has 0 radical (unpaired) electrons. The molecule has 0 aliphatic heterocycles. The van der Waals surface area contributed by atoms with Gasteiger partial charge in [0.15, 0.2) is 0 Å². The number of hydrogen-bond acceptors (Lipinski definition) is 1. The van der Waals surface area contributed by atoms with Crippen LogP contribution in [0.5, 0.6) is 0 Å². The molecule has 0 fully saturated rings. The van der Waals surface area contributed by atoms with Crippen molar-refractivity contribution in [1.29, 1.82) is 0 Å². The van der Waals surface area contributed by atoms with Gasteiger partial charge >= 0.3 is 7.60 Å². The van der Waals surface area contributed by atoms with E-state index < -0.39 is 12.8 Å². The van der Waals surface area contributed by atoms with E-state index in [0.29, 0.717) is 0 Å². The van der Waals surface area contributed by atoms with E-state index in [4.69, 9.17) is 0 Å². The molecule has 0 aliphatic carbocycles. The van der Waals surface area contributed by atoms with E-state index in [1.165, 1.54) is 103 Å². The first kappa shape index (κ1) is 36.1. The van der Waals surface area contributed by atoms with Crippen LogP contribution in [0.15, 0.2) is 0 Å². The third-order valence-electron chi connectivity index (χ3n) is 8.58. The second-order valence-corrected chi connectivity index (χ2v) is 13.8. The summed E-state index contributed by atoms with van der Waals surface area (Å²) in [7, 11) is -4.20. The van der Waals surface area contributed by atoms with E-state index in [1.807, 2.05) is 0 Å². The third kappa shape index (κ3) is 16.9. The summed E-state index contributed by atoms with van der Waals surface area (Å²) < 4.78 is 13.3. The van der Waals surface area contributed by atoms with Crippen LogP contribution in [0, 0.1) is 5.92 Å². The molecule has 0 saturated carbocycles. The van der Waals surface area contributed by atoms with E-state index in [2.05, 4.69) is 27.7 Å². The fourth-order valence-corrected chi connectivity index (χ4v) is 7.79. The average Bonchev–Trinajstić information content (AvgIpc) is 2.85. The summed E-state index contributed by atoms with van der Waals surface area (Å²) in [4.78, 5) is 21.8. The highest BCUT2D eigenvalue weighted by atomic mass is 31.2. The molecule has 0 rings (SSSR count). The second-order valence-electron chi connectivity index (χ2n) is 11.8. The topological polar surface area (TPSA) is 57.5 Å². The number of unbranched alkanes of at least 4 members (excludes halogenated alkanes) is 18. The zero-order valence-corrected chi connectivity index (χ0v) is 26.1. The van der Waals surface area contributed by atoms with Crippen molar-refractivity contribution >= 4 is 7.60 Å². The summed E-state index contributed by atoms with van der Waals surface area (Å²) in [5.74, 6) is 0.174. The van der Waals surface area contributed by atoms with Crippen LogP contribution in [0.1, 0.15) is 195 Å². The standard InChI is InChI=1S/C32H67O3P/c1-5-9-13-17-18-19-20-21-22-24-28-31(27-23-14-10-6-2)32(36(33,34)35,29-25-15-11-7-3)30-26-16-12-8-4/h31H,5-30H2,1-4H3,(H2,33,34,35). The van der Waals surface area contributed by atoms with Gasteiger partial charge in [-0.2, -0.15) is 0 Å². The molecule has 0 bridgehead atoms. The van der Waals surface area contributed by atoms with E-state index in [1.54, 1.807) is 0 Å². The summed E-state index contributed by atoms with van der Waals surface area (Å²) in [6, 6.07) is 0. The Balaban J connectivity index is 5.21. The fourth-order valence-electron chi connectivity index (χ4n) is 6.16. The molecule has 0 aromatic rings. The lowest BCUT2D eigenvalue weighted by molar-refractivity contribution is 0.209. The number of hydrogen-bond donors (Lipinski definition) is 2. The first-order valence-corrected chi connectivity index (χ1v) is 18.1. The molecule has 0 saturated heterocycles. The van der Waals surface area contributed by atoms with Crippen molar-refractivity contribution in [2.75, 3.05) is 0 Å². The summed E-state index contributed by atoms with van der Waals surface area (Å²) in [6.45, 7) is 8.93. The Morgan fingerprint density at radius 1 is 0.472 bits per heavy atom. The highest BCUT2D eigenvalue weighted by Crippen LogP contribution is 2.61. The first-order chi connectivity index (χ1) is 17.4. The average molecular weight is 531 g/mol. The fraction of sp³-hybridized carbons (Fsp3) is 1.00. The van der Waals surface area contributed by atoms with Crippen LogP contribution in [0.25, 0.3) is 0 Å². The van der Waals surface area contributed by atoms with Gasteiger partial charge in [-0.3, -0.25) is 4.57 Å². The monoisotopic (exact) mass is 530 g/mol. The van der Waals surface area contributed by atoms with Gasteiger partial charge in [0.25, 0.3) is 0 Å². The van der Waals surface area contributed by atoms with E-state index in [9.17, 15) is 14.4 Å². The largest absolute Gasteiger partial charge is 0.331 e. The van der Waals surface area contributed by atoms with Crippen LogP contribution in [0.3, 0.4) is 0 Å². The molecule has 0 heterocycles. The minimum Gasteiger partial charge on any atom is -0.324 e. The van der Waals surface area contributed by atoms with Crippen molar-refractivity contribution in [3.8, 4) is 0 Å². The molecule has 3 nitrogen and oxygen atoms in total.